The van der Waals surface area contributed by atoms with Gasteiger partial charge in [0.05, 0.1) is 25.2 Å². The van der Waals surface area contributed by atoms with Crippen LogP contribution >= 0.6 is 11.6 Å². The zero-order chi connectivity index (χ0) is 19.2. The second kappa shape index (κ2) is 9.53. The van der Waals surface area contributed by atoms with Gasteiger partial charge in [0.2, 0.25) is 11.8 Å². The van der Waals surface area contributed by atoms with Crippen molar-refractivity contribution >= 4 is 23.4 Å². The highest BCUT2D eigenvalue weighted by Gasteiger charge is 2.35. The quantitative estimate of drug-likeness (QED) is 0.661. The van der Waals surface area contributed by atoms with Gasteiger partial charge < -0.3 is 20.5 Å². The maximum atomic E-state index is 12.2. The van der Waals surface area contributed by atoms with Gasteiger partial charge in [-0.3, -0.25) is 9.59 Å². The molecule has 6 nitrogen and oxygen atoms in total. The number of carbonyl (C=O) groups is 2. The van der Waals surface area contributed by atoms with Gasteiger partial charge >= 0.3 is 0 Å². The molecule has 1 saturated carbocycles. The molecule has 3 N–H and O–H groups in total. The summed E-state index contributed by atoms with van der Waals surface area (Å²) in [5.41, 5.74) is 0.865. The predicted molar refractivity (Wildman–Crippen MR) is 102 cm³/mol. The van der Waals surface area contributed by atoms with Gasteiger partial charge in [0.25, 0.3) is 0 Å². The fraction of sp³-hybridized carbons (Fsp3) is 0.600. The van der Waals surface area contributed by atoms with Crippen LogP contribution in [0.1, 0.15) is 44.1 Å². The van der Waals surface area contributed by atoms with Crippen LogP contribution in [0, 0.1) is 5.92 Å². The summed E-state index contributed by atoms with van der Waals surface area (Å²) < 4.78 is 5.88. The zero-order valence-electron chi connectivity index (χ0n) is 15.3. The minimum absolute atomic E-state index is 0.0595. The highest BCUT2D eigenvalue weighted by molar-refractivity contribution is 6.31. The van der Waals surface area contributed by atoms with E-state index in [2.05, 4.69) is 10.6 Å². The number of carbonyl (C=O) groups excluding carboxylic acids is 2. The molecular weight excluding hydrogens is 368 g/mol. The molecule has 27 heavy (non-hydrogen) atoms. The van der Waals surface area contributed by atoms with Crippen molar-refractivity contribution in [2.24, 2.45) is 5.92 Å². The maximum Gasteiger partial charge on any atom is 0.223 e. The lowest BCUT2D eigenvalue weighted by Gasteiger charge is -2.37. The van der Waals surface area contributed by atoms with Crippen LogP contribution in [0.2, 0.25) is 5.02 Å². The van der Waals surface area contributed by atoms with Crippen molar-refractivity contribution in [1.29, 1.82) is 0 Å². The van der Waals surface area contributed by atoms with E-state index < -0.39 is 6.10 Å². The molecule has 2 fully saturated rings. The molecule has 0 aromatic heterocycles. The number of amides is 2. The Labute approximate surface area is 164 Å². The first-order chi connectivity index (χ1) is 13.1. The Hall–Kier alpha value is -1.63. The fourth-order valence-electron chi connectivity index (χ4n) is 3.53. The van der Waals surface area contributed by atoms with Crippen LogP contribution in [0.15, 0.2) is 24.3 Å². The third-order valence-corrected chi connectivity index (χ3v) is 5.81. The van der Waals surface area contributed by atoms with E-state index in [9.17, 15) is 14.7 Å². The van der Waals surface area contributed by atoms with Gasteiger partial charge in [-0.25, -0.2) is 0 Å². The molecule has 2 amide bonds. The molecule has 0 bridgehead atoms. The van der Waals surface area contributed by atoms with Gasteiger partial charge in [0.15, 0.2) is 0 Å². The number of rotatable bonds is 7. The maximum absolute atomic E-state index is 12.2. The topological polar surface area (TPSA) is 87.7 Å². The van der Waals surface area contributed by atoms with Crippen molar-refractivity contribution in [3.63, 3.8) is 0 Å². The van der Waals surface area contributed by atoms with Crippen molar-refractivity contribution in [3.8, 4) is 0 Å². The molecule has 0 radical (unpaired) electrons. The van der Waals surface area contributed by atoms with Gasteiger partial charge in [-0.1, -0.05) is 36.2 Å². The van der Waals surface area contributed by atoms with Crippen LogP contribution in [0.3, 0.4) is 0 Å². The molecule has 1 aliphatic heterocycles. The van der Waals surface area contributed by atoms with Gasteiger partial charge in [-0.2, -0.15) is 0 Å². The number of benzene rings is 1. The minimum atomic E-state index is -0.468. The third-order valence-electron chi connectivity index (χ3n) is 5.45. The van der Waals surface area contributed by atoms with E-state index >= 15 is 0 Å². The molecular formula is C20H27ClN2O4. The standard InChI is InChI=1S/C20H27ClN2O4/c21-16-7-2-1-4-14(16)11-22-19(25)10-15-8-9-17(18(12-24)27-15)23-20(26)13-5-3-6-13/h1-2,4,7,13,15,17-18,24H,3,5-6,8-12H2,(H,22,25)(H,23,26)/t15-,17+,18-/m0/s1. The summed E-state index contributed by atoms with van der Waals surface area (Å²) >= 11 is 6.09. The van der Waals surface area contributed by atoms with Gasteiger partial charge in [-0.15, -0.1) is 0 Å². The summed E-state index contributed by atoms with van der Waals surface area (Å²) in [7, 11) is 0. The van der Waals surface area contributed by atoms with E-state index in [4.69, 9.17) is 16.3 Å². The fourth-order valence-corrected chi connectivity index (χ4v) is 3.74. The third kappa shape index (κ3) is 5.43. The monoisotopic (exact) mass is 394 g/mol. The van der Waals surface area contributed by atoms with Crippen molar-refractivity contribution in [2.75, 3.05) is 6.61 Å². The van der Waals surface area contributed by atoms with Crippen LogP contribution in [0.25, 0.3) is 0 Å². The summed E-state index contributed by atoms with van der Waals surface area (Å²) in [5.74, 6) is 0.0513. The number of halogens is 1. The van der Waals surface area contributed by atoms with E-state index in [0.29, 0.717) is 24.4 Å². The second-order valence-corrected chi connectivity index (χ2v) is 7.78. The first kappa shape index (κ1) is 20.1. The lowest BCUT2D eigenvalue weighted by Crippen LogP contribution is -2.53. The van der Waals surface area contributed by atoms with E-state index in [1.54, 1.807) is 6.07 Å². The van der Waals surface area contributed by atoms with Crippen LogP contribution in [-0.4, -0.2) is 41.8 Å². The number of aliphatic hydroxyl groups excluding tert-OH is 1. The Kier molecular flexibility index (Phi) is 7.10. The SMILES string of the molecule is O=C(C[C@@H]1CC[C@@H](NC(=O)C2CCC2)[C@H](CO)O1)NCc1ccccc1Cl. The highest BCUT2D eigenvalue weighted by atomic mass is 35.5. The van der Waals surface area contributed by atoms with Crippen LogP contribution < -0.4 is 10.6 Å². The molecule has 0 unspecified atom stereocenters. The number of aliphatic hydroxyl groups is 1. The molecule has 1 aromatic rings. The number of ether oxygens (including phenoxy) is 1. The first-order valence-corrected chi connectivity index (χ1v) is 10.0. The minimum Gasteiger partial charge on any atom is -0.394 e. The van der Waals surface area contributed by atoms with Crippen LogP contribution in [-0.2, 0) is 20.9 Å². The van der Waals surface area contributed by atoms with Gasteiger partial charge in [-0.05, 0) is 37.3 Å². The Morgan fingerprint density at radius 3 is 2.63 bits per heavy atom. The Morgan fingerprint density at radius 1 is 1.19 bits per heavy atom. The lowest BCUT2D eigenvalue weighted by molar-refractivity contribution is -0.138. The van der Waals surface area contributed by atoms with Crippen LogP contribution in [0.5, 0.6) is 0 Å². The zero-order valence-corrected chi connectivity index (χ0v) is 16.1. The summed E-state index contributed by atoms with van der Waals surface area (Å²) in [6.07, 6.45) is 3.86. The molecule has 1 saturated heterocycles. The second-order valence-electron chi connectivity index (χ2n) is 7.37. The normalized spacial score (nSPS) is 25.5. The van der Waals surface area contributed by atoms with Crippen molar-refractivity contribution in [1.82, 2.24) is 10.6 Å². The average molecular weight is 395 g/mol. The predicted octanol–water partition coefficient (Wildman–Crippen LogP) is 2.17. The van der Waals surface area contributed by atoms with Crippen molar-refractivity contribution in [2.45, 2.75) is 63.3 Å². The number of nitrogens with one attached hydrogen (secondary N) is 2. The summed E-state index contributed by atoms with van der Waals surface area (Å²) in [4.78, 5) is 24.4. The van der Waals surface area contributed by atoms with Crippen molar-refractivity contribution < 1.29 is 19.4 Å². The van der Waals surface area contributed by atoms with Gasteiger partial charge in [0, 0.05) is 17.5 Å². The van der Waals surface area contributed by atoms with E-state index in [-0.39, 0.29) is 42.9 Å². The molecule has 0 spiro atoms. The molecule has 3 rings (SSSR count). The molecule has 2 aliphatic rings. The lowest BCUT2D eigenvalue weighted by atomic mass is 9.84. The van der Waals surface area contributed by atoms with Crippen LogP contribution in [0.4, 0.5) is 0 Å². The smallest absolute Gasteiger partial charge is 0.223 e. The van der Waals surface area contributed by atoms with Crippen molar-refractivity contribution in [3.05, 3.63) is 34.9 Å². The van der Waals surface area contributed by atoms with Gasteiger partial charge in [0.1, 0.15) is 6.10 Å². The number of hydrogen-bond donors (Lipinski definition) is 3. The Morgan fingerprint density at radius 2 is 1.96 bits per heavy atom. The first-order valence-electron chi connectivity index (χ1n) is 9.63. The summed E-state index contributed by atoms with van der Waals surface area (Å²) in [5, 5.41) is 16.1. The van der Waals surface area contributed by atoms with E-state index in [0.717, 1.165) is 24.8 Å². The molecule has 1 aromatic carbocycles. The number of hydrogen-bond acceptors (Lipinski definition) is 4. The summed E-state index contributed by atoms with van der Waals surface area (Å²) in [6, 6.07) is 7.19. The van der Waals surface area contributed by atoms with E-state index in [1.807, 2.05) is 18.2 Å². The van der Waals surface area contributed by atoms with E-state index in [1.165, 1.54) is 0 Å². The molecule has 3 atom stereocenters. The highest BCUT2D eigenvalue weighted by Crippen LogP contribution is 2.28. The molecule has 7 heteroatoms. The summed E-state index contributed by atoms with van der Waals surface area (Å²) in [6.45, 7) is 0.197. The molecule has 1 heterocycles. The molecule has 148 valence electrons. The Balaban J connectivity index is 1.44. The largest absolute Gasteiger partial charge is 0.394 e. The Bertz CT molecular complexity index is 665. The average Bonchev–Trinajstić information content (AvgIpc) is 2.60. The molecule has 1 aliphatic carbocycles.